The number of benzene rings is 4. The molecule has 4 heteroatoms. The Hall–Kier alpha value is -3.50. The topological polar surface area (TPSA) is 42.0 Å². The van der Waals surface area contributed by atoms with Crippen molar-refractivity contribution in [2.24, 2.45) is 0 Å². The summed E-state index contributed by atoms with van der Waals surface area (Å²) in [5.41, 5.74) is 3.87. The Morgan fingerprint density at radius 1 is 0.767 bits per heavy atom. The normalized spacial score (nSPS) is 11.0. The Labute approximate surface area is 182 Å². The highest BCUT2D eigenvalue weighted by Gasteiger charge is 2.14. The molecule has 144 valence electrons. The summed E-state index contributed by atoms with van der Waals surface area (Å²) in [6, 6.07) is 31.6. The number of anilines is 1. The van der Waals surface area contributed by atoms with E-state index >= 15 is 0 Å². The van der Waals surface area contributed by atoms with Gasteiger partial charge in [0.05, 0.1) is 16.8 Å². The number of para-hydroxylation sites is 1. The lowest BCUT2D eigenvalue weighted by Gasteiger charge is -2.11. The van der Waals surface area contributed by atoms with Crippen LogP contribution in [0.15, 0.2) is 102 Å². The van der Waals surface area contributed by atoms with Gasteiger partial charge in [-0.2, -0.15) is 0 Å². The van der Waals surface area contributed by atoms with Crippen molar-refractivity contribution in [3.63, 3.8) is 0 Å². The van der Waals surface area contributed by atoms with Crippen LogP contribution in [0, 0.1) is 0 Å². The number of aromatic nitrogens is 1. The average molecular weight is 453 g/mol. The lowest BCUT2D eigenvalue weighted by molar-refractivity contribution is 0.102. The third-order valence-electron chi connectivity index (χ3n) is 5.09. The first-order valence-corrected chi connectivity index (χ1v) is 10.4. The van der Waals surface area contributed by atoms with E-state index in [9.17, 15) is 4.79 Å². The number of halogens is 1. The average Bonchev–Trinajstić information content (AvgIpc) is 2.78. The van der Waals surface area contributed by atoms with Crippen LogP contribution in [-0.4, -0.2) is 10.9 Å². The Morgan fingerprint density at radius 2 is 1.57 bits per heavy atom. The smallest absolute Gasteiger partial charge is 0.256 e. The van der Waals surface area contributed by atoms with E-state index in [0.29, 0.717) is 5.56 Å². The molecular formula is C26H17BrN2O. The lowest BCUT2D eigenvalue weighted by Crippen LogP contribution is -2.13. The molecule has 30 heavy (non-hydrogen) atoms. The number of nitrogens with zero attached hydrogens (tertiary/aromatic N) is 1. The van der Waals surface area contributed by atoms with Crippen LogP contribution in [0.2, 0.25) is 0 Å². The molecule has 5 aromatic rings. The third kappa shape index (κ3) is 3.58. The second-order valence-corrected chi connectivity index (χ2v) is 8.01. The van der Waals surface area contributed by atoms with Crippen LogP contribution < -0.4 is 5.32 Å². The van der Waals surface area contributed by atoms with E-state index in [1.54, 1.807) is 0 Å². The maximum Gasteiger partial charge on any atom is 0.256 e. The SMILES string of the molecule is O=C(Nc1ccc2ccccc2c1)c1cc(-c2cccc(Br)c2)nc2ccccc12. The molecule has 0 saturated carbocycles. The first-order chi connectivity index (χ1) is 14.7. The molecule has 0 saturated heterocycles. The molecule has 0 atom stereocenters. The van der Waals surface area contributed by atoms with Crippen LogP contribution in [0.1, 0.15) is 10.4 Å². The highest BCUT2D eigenvalue weighted by Crippen LogP contribution is 2.28. The van der Waals surface area contributed by atoms with E-state index in [-0.39, 0.29) is 5.91 Å². The molecule has 0 aliphatic rings. The molecule has 0 aliphatic carbocycles. The minimum absolute atomic E-state index is 0.153. The fourth-order valence-electron chi connectivity index (χ4n) is 3.62. The van der Waals surface area contributed by atoms with Crippen LogP contribution in [0.5, 0.6) is 0 Å². The number of hydrogen-bond acceptors (Lipinski definition) is 2. The van der Waals surface area contributed by atoms with Crippen molar-refractivity contribution in [2.45, 2.75) is 0 Å². The van der Waals surface area contributed by atoms with Gasteiger partial charge in [0, 0.05) is 21.1 Å². The monoisotopic (exact) mass is 452 g/mol. The van der Waals surface area contributed by atoms with Crippen molar-refractivity contribution in [2.75, 3.05) is 5.32 Å². The molecule has 0 radical (unpaired) electrons. The molecule has 5 rings (SSSR count). The van der Waals surface area contributed by atoms with Crippen molar-refractivity contribution in [1.82, 2.24) is 4.98 Å². The van der Waals surface area contributed by atoms with E-state index < -0.39 is 0 Å². The van der Waals surface area contributed by atoms with Gasteiger partial charge < -0.3 is 5.32 Å². The van der Waals surface area contributed by atoms with Gasteiger partial charge in [-0.1, -0.05) is 76.6 Å². The van der Waals surface area contributed by atoms with E-state index in [4.69, 9.17) is 4.98 Å². The van der Waals surface area contributed by atoms with Gasteiger partial charge in [-0.25, -0.2) is 4.98 Å². The summed E-state index contributed by atoms with van der Waals surface area (Å²) in [5.74, 6) is -0.153. The zero-order valence-corrected chi connectivity index (χ0v) is 17.6. The van der Waals surface area contributed by atoms with Gasteiger partial charge in [-0.05, 0) is 47.2 Å². The summed E-state index contributed by atoms with van der Waals surface area (Å²) >= 11 is 3.51. The van der Waals surface area contributed by atoms with Gasteiger partial charge in [-0.15, -0.1) is 0 Å². The minimum Gasteiger partial charge on any atom is -0.322 e. The highest BCUT2D eigenvalue weighted by molar-refractivity contribution is 9.10. The number of carbonyl (C=O) groups is 1. The zero-order chi connectivity index (χ0) is 20.5. The first-order valence-electron chi connectivity index (χ1n) is 9.63. The molecule has 0 bridgehead atoms. The molecule has 0 spiro atoms. The number of hydrogen-bond donors (Lipinski definition) is 1. The summed E-state index contributed by atoms with van der Waals surface area (Å²) in [4.78, 5) is 18.0. The van der Waals surface area contributed by atoms with Crippen LogP contribution in [-0.2, 0) is 0 Å². The number of fused-ring (bicyclic) bond motifs is 2. The Balaban J connectivity index is 1.58. The fraction of sp³-hybridized carbons (Fsp3) is 0. The van der Waals surface area contributed by atoms with Crippen molar-refractivity contribution in [1.29, 1.82) is 0 Å². The summed E-state index contributed by atoms with van der Waals surface area (Å²) in [6.45, 7) is 0. The van der Waals surface area contributed by atoms with Gasteiger partial charge in [0.25, 0.3) is 5.91 Å². The van der Waals surface area contributed by atoms with E-state index in [1.807, 2.05) is 91.0 Å². The maximum atomic E-state index is 13.3. The predicted octanol–water partition coefficient (Wildman–Crippen LogP) is 7.07. The molecule has 3 nitrogen and oxygen atoms in total. The number of nitrogens with one attached hydrogen (secondary N) is 1. The van der Waals surface area contributed by atoms with Crippen LogP contribution >= 0.6 is 15.9 Å². The Kier molecular flexibility index (Phi) is 4.77. The van der Waals surface area contributed by atoms with Gasteiger partial charge in [0.1, 0.15) is 0 Å². The molecule has 1 aromatic heterocycles. The lowest BCUT2D eigenvalue weighted by atomic mass is 10.0. The molecule has 0 fully saturated rings. The van der Waals surface area contributed by atoms with Gasteiger partial charge in [-0.3, -0.25) is 4.79 Å². The number of pyridine rings is 1. The van der Waals surface area contributed by atoms with Gasteiger partial charge >= 0.3 is 0 Å². The molecule has 0 unspecified atom stereocenters. The van der Waals surface area contributed by atoms with Crippen LogP contribution in [0.4, 0.5) is 5.69 Å². The molecule has 1 amide bonds. The number of rotatable bonds is 3. The highest BCUT2D eigenvalue weighted by atomic mass is 79.9. The first kappa shape index (κ1) is 18.5. The molecule has 4 aromatic carbocycles. The quantitative estimate of drug-likeness (QED) is 0.318. The second-order valence-electron chi connectivity index (χ2n) is 7.10. The van der Waals surface area contributed by atoms with Crippen molar-refractivity contribution >= 4 is 49.2 Å². The zero-order valence-electron chi connectivity index (χ0n) is 16.0. The number of amides is 1. The van der Waals surface area contributed by atoms with Crippen LogP contribution in [0.25, 0.3) is 32.9 Å². The van der Waals surface area contributed by atoms with Crippen LogP contribution in [0.3, 0.4) is 0 Å². The minimum atomic E-state index is -0.153. The molecule has 1 N–H and O–H groups in total. The molecule has 0 aliphatic heterocycles. The largest absolute Gasteiger partial charge is 0.322 e. The number of carbonyl (C=O) groups excluding carboxylic acids is 1. The van der Waals surface area contributed by atoms with E-state index in [1.165, 1.54) is 0 Å². The second kappa shape index (κ2) is 7.73. The fourth-order valence-corrected chi connectivity index (χ4v) is 4.02. The Bertz CT molecular complexity index is 1410. The molecule has 1 heterocycles. The van der Waals surface area contributed by atoms with Gasteiger partial charge in [0.2, 0.25) is 0 Å². The third-order valence-corrected chi connectivity index (χ3v) is 5.58. The van der Waals surface area contributed by atoms with Gasteiger partial charge in [0.15, 0.2) is 0 Å². The molecular weight excluding hydrogens is 436 g/mol. The van der Waals surface area contributed by atoms with Crippen molar-refractivity contribution < 1.29 is 4.79 Å². The predicted molar refractivity (Wildman–Crippen MR) is 127 cm³/mol. The van der Waals surface area contributed by atoms with Crippen molar-refractivity contribution in [3.05, 3.63) is 107 Å². The summed E-state index contributed by atoms with van der Waals surface area (Å²) < 4.78 is 0.970. The standard InChI is InChI=1S/C26H17BrN2O/c27-20-9-5-8-19(14-20)25-16-23(22-10-3-4-11-24(22)29-25)26(30)28-21-13-12-17-6-1-2-7-18(17)15-21/h1-16H,(H,28,30). The van der Waals surface area contributed by atoms with E-state index in [0.717, 1.165) is 43.1 Å². The maximum absolute atomic E-state index is 13.3. The summed E-state index contributed by atoms with van der Waals surface area (Å²) in [5, 5.41) is 6.11. The van der Waals surface area contributed by atoms with E-state index in [2.05, 4.69) is 27.3 Å². The van der Waals surface area contributed by atoms with Crippen molar-refractivity contribution in [3.8, 4) is 11.3 Å². The summed E-state index contributed by atoms with van der Waals surface area (Å²) in [7, 11) is 0. The Morgan fingerprint density at radius 3 is 2.43 bits per heavy atom. The summed E-state index contributed by atoms with van der Waals surface area (Å²) in [6.07, 6.45) is 0.